The number of imidazole rings is 1. The Morgan fingerprint density at radius 3 is 2.19 bits per heavy atom. The van der Waals surface area contributed by atoms with Crippen LogP contribution in [-0.2, 0) is 4.74 Å². The summed E-state index contributed by atoms with van der Waals surface area (Å²) in [4.78, 5) is 27.3. The largest absolute Gasteiger partial charge is 0.447 e. The van der Waals surface area contributed by atoms with E-state index >= 15 is 0 Å². The maximum absolute atomic E-state index is 12.7. The van der Waals surface area contributed by atoms with E-state index in [1.165, 1.54) is 0 Å². The topological polar surface area (TPSA) is 107 Å². The van der Waals surface area contributed by atoms with Crippen molar-refractivity contribution in [3.63, 3.8) is 0 Å². The van der Waals surface area contributed by atoms with Crippen LogP contribution < -0.4 is 5.73 Å². The first-order valence-electron chi connectivity index (χ1n) is 7.92. The molecule has 0 saturated carbocycles. The molecule has 0 spiro atoms. The Labute approximate surface area is 148 Å². The number of benzene rings is 2. The zero-order valence-corrected chi connectivity index (χ0v) is 13.6. The number of rotatable bonds is 4. The second-order valence-corrected chi connectivity index (χ2v) is 5.60. The van der Waals surface area contributed by atoms with Gasteiger partial charge in [-0.3, -0.25) is 0 Å². The molecule has 0 aliphatic rings. The van der Waals surface area contributed by atoms with E-state index in [4.69, 9.17) is 10.5 Å². The summed E-state index contributed by atoms with van der Waals surface area (Å²) in [5.74, 6) is -0.453. The summed E-state index contributed by atoms with van der Waals surface area (Å²) in [5.41, 5.74) is 8.10. The molecule has 0 unspecified atom stereocenters. The minimum atomic E-state index is -0.611. The van der Waals surface area contributed by atoms with Crippen molar-refractivity contribution < 1.29 is 9.53 Å². The van der Waals surface area contributed by atoms with E-state index < -0.39 is 12.1 Å². The summed E-state index contributed by atoms with van der Waals surface area (Å²) < 4.78 is 5.75. The van der Waals surface area contributed by atoms with Gasteiger partial charge in [0, 0.05) is 0 Å². The number of anilines is 1. The summed E-state index contributed by atoms with van der Waals surface area (Å²) in [6, 6.07) is 19.0. The van der Waals surface area contributed by atoms with Crippen LogP contribution in [0.25, 0.3) is 11.2 Å². The highest BCUT2D eigenvalue weighted by atomic mass is 16.5. The smallest absolute Gasteiger partial charge is 0.375 e. The number of carbonyl (C=O) groups excluding carboxylic acids is 1. The Balaban J connectivity index is 1.68. The van der Waals surface area contributed by atoms with Crippen molar-refractivity contribution in [2.75, 3.05) is 5.73 Å². The number of H-pyrrole nitrogens is 1. The average molecular weight is 344 g/mol. The van der Waals surface area contributed by atoms with Crippen molar-refractivity contribution in [2.45, 2.75) is 6.10 Å². The molecule has 7 heteroatoms. The third-order valence-corrected chi connectivity index (χ3v) is 3.88. The molecule has 0 bridgehead atoms. The second-order valence-electron chi connectivity index (χ2n) is 5.60. The van der Waals surface area contributed by atoms with Crippen molar-refractivity contribution in [3.05, 3.63) is 83.9 Å². The fourth-order valence-corrected chi connectivity index (χ4v) is 2.65. The molecule has 7 nitrogen and oxygen atoms in total. The molecule has 2 aromatic heterocycles. The van der Waals surface area contributed by atoms with E-state index in [0.29, 0.717) is 11.2 Å². The second kappa shape index (κ2) is 6.64. The first kappa shape index (κ1) is 15.8. The maximum atomic E-state index is 12.7. The van der Waals surface area contributed by atoms with Crippen molar-refractivity contribution in [1.29, 1.82) is 0 Å². The molecule has 2 aromatic carbocycles. The Morgan fingerprint density at radius 1 is 1.00 bits per heavy atom. The highest BCUT2D eigenvalue weighted by molar-refractivity contribution is 5.92. The molecular formula is C19H14N5O2. The Hall–Kier alpha value is -3.74. The number of nitrogen functional groups attached to an aromatic ring is 1. The molecule has 0 amide bonds. The van der Waals surface area contributed by atoms with Crippen LogP contribution >= 0.6 is 0 Å². The van der Waals surface area contributed by atoms with Gasteiger partial charge in [0.05, 0.1) is 0 Å². The van der Waals surface area contributed by atoms with Crippen molar-refractivity contribution in [1.82, 2.24) is 19.9 Å². The summed E-state index contributed by atoms with van der Waals surface area (Å²) in [5, 5.41) is 0. The minimum absolute atomic E-state index is 0.0115. The van der Waals surface area contributed by atoms with E-state index in [-0.39, 0.29) is 11.6 Å². The summed E-state index contributed by atoms with van der Waals surface area (Å²) >= 11 is 0. The number of carbonyl (C=O) groups is 1. The predicted molar refractivity (Wildman–Crippen MR) is 95.1 cm³/mol. The highest BCUT2D eigenvalue weighted by Gasteiger charge is 2.22. The molecule has 4 rings (SSSR count). The summed E-state index contributed by atoms with van der Waals surface area (Å²) in [6.45, 7) is 0. The number of esters is 1. The van der Waals surface area contributed by atoms with Gasteiger partial charge in [0.15, 0.2) is 23.1 Å². The van der Waals surface area contributed by atoms with Crippen molar-refractivity contribution in [2.24, 2.45) is 0 Å². The van der Waals surface area contributed by atoms with Gasteiger partial charge >= 0.3 is 5.97 Å². The lowest BCUT2D eigenvalue weighted by Gasteiger charge is -2.18. The number of nitrogens with zero attached hydrogens (tertiary/aromatic N) is 3. The van der Waals surface area contributed by atoms with Gasteiger partial charge in [-0.25, -0.2) is 19.7 Å². The Morgan fingerprint density at radius 2 is 1.62 bits per heavy atom. The van der Waals surface area contributed by atoms with Crippen molar-refractivity contribution in [3.8, 4) is 0 Å². The fourth-order valence-electron chi connectivity index (χ4n) is 2.65. The van der Waals surface area contributed by atoms with Crippen LogP contribution in [0, 0.1) is 6.33 Å². The zero-order chi connectivity index (χ0) is 17.9. The van der Waals surface area contributed by atoms with E-state index in [9.17, 15) is 4.79 Å². The van der Waals surface area contributed by atoms with Crippen molar-refractivity contribution >= 4 is 23.0 Å². The van der Waals surface area contributed by atoms with Gasteiger partial charge < -0.3 is 15.5 Å². The Kier molecular flexibility index (Phi) is 4.03. The van der Waals surface area contributed by atoms with E-state index in [0.717, 1.165) is 11.1 Å². The molecular weight excluding hydrogens is 330 g/mol. The molecule has 0 aliphatic carbocycles. The highest BCUT2D eigenvalue weighted by Crippen LogP contribution is 2.27. The lowest BCUT2D eigenvalue weighted by molar-refractivity contribution is 0.0365. The van der Waals surface area contributed by atoms with Gasteiger partial charge in [-0.2, -0.15) is 0 Å². The number of nitrogens with one attached hydrogen (secondary N) is 1. The number of aromatic nitrogens is 4. The van der Waals surface area contributed by atoms with E-state index in [1.54, 1.807) is 0 Å². The molecule has 1 radical (unpaired) electrons. The SMILES string of the molecule is Nc1n[c]nc2[nH]c(C(=O)OC(c3ccccc3)c3ccccc3)nc12. The van der Waals surface area contributed by atoms with Gasteiger partial charge in [-0.1, -0.05) is 60.7 Å². The molecule has 0 aliphatic heterocycles. The predicted octanol–water partition coefficient (Wildman–Crippen LogP) is 2.68. The third-order valence-electron chi connectivity index (χ3n) is 3.88. The van der Waals surface area contributed by atoms with Gasteiger partial charge in [0.25, 0.3) is 0 Å². The van der Waals surface area contributed by atoms with Gasteiger partial charge in [-0.05, 0) is 11.1 Å². The number of nitrogens with two attached hydrogens (primary N) is 1. The van der Waals surface area contributed by atoms with Crippen LogP contribution in [0.3, 0.4) is 0 Å². The van der Waals surface area contributed by atoms with Crippen LogP contribution in [0.15, 0.2) is 60.7 Å². The quantitative estimate of drug-likeness (QED) is 0.551. The standard InChI is InChI=1S/C19H14N5O2/c20-16-14-17(22-11-21-16)24-18(23-14)19(25)26-15(12-7-3-1-4-8-12)13-9-5-2-6-10-13/h1-10,15H,(H3,20,21,22,23,24). The number of ether oxygens (including phenoxy) is 1. The molecule has 127 valence electrons. The third kappa shape index (κ3) is 2.98. The van der Waals surface area contributed by atoms with Crippen LogP contribution in [-0.4, -0.2) is 25.9 Å². The van der Waals surface area contributed by atoms with Crippen LogP contribution in [0.2, 0.25) is 0 Å². The molecule has 0 fully saturated rings. The summed E-state index contributed by atoms with van der Waals surface area (Å²) in [7, 11) is 0. The van der Waals surface area contributed by atoms with E-state index in [2.05, 4.69) is 26.3 Å². The van der Waals surface area contributed by atoms with E-state index in [1.807, 2.05) is 60.7 Å². The molecule has 4 aromatic rings. The molecule has 3 N–H and O–H groups in total. The average Bonchev–Trinajstić information content (AvgIpc) is 3.13. The normalized spacial score (nSPS) is 11.0. The van der Waals surface area contributed by atoms with Gasteiger partial charge in [0.2, 0.25) is 12.2 Å². The summed E-state index contributed by atoms with van der Waals surface area (Å²) in [6.07, 6.45) is 1.84. The molecule has 2 heterocycles. The molecule has 0 atom stereocenters. The number of fused-ring (bicyclic) bond motifs is 1. The van der Waals surface area contributed by atoms with Crippen LogP contribution in [0.5, 0.6) is 0 Å². The zero-order valence-electron chi connectivity index (χ0n) is 13.6. The van der Waals surface area contributed by atoms with Gasteiger partial charge in [0.1, 0.15) is 0 Å². The fraction of sp³-hybridized carbons (Fsp3) is 0.0526. The molecule has 0 saturated heterocycles. The lowest BCUT2D eigenvalue weighted by Crippen LogP contribution is -2.14. The van der Waals surface area contributed by atoms with Crippen LogP contribution in [0.1, 0.15) is 27.8 Å². The van der Waals surface area contributed by atoms with Crippen LogP contribution in [0.4, 0.5) is 5.82 Å². The lowest BCUT2D eigenvalue weighted by atomic mass is 10.0. The number of aromatic amines is 1. The number of hydrogen-bond donors (Lipinski definition) is 2. The monoisotopic (exact) mass is 344 g/mol. The molecule has 26 heavy (non-hydrogen) atoms. The minimum Gasteiger partial charge on any atom is -0.447 e. The first-order valence-corrected chi connectivity index (χ1v) is 7.92. The van der Waals surface area contributed by atoms with Gasteiger partial charge in [-0.15, -0.1) is 0 Å². The first-order chi connectivity index (χ1) is 12.7. The maximum Gasteiger partial charge on any atom is 0.375 e. The number of hydrogen-bond acceptors (Lipinski definition) is 6. The Bertz CT molecular complexity index is 1010.